The number of carbonyl (C=O) groups is 2. The van der Waals surface area contributed by atoms with Crippen molar-refractivity contribution in [2.24, 2.45) is 0 Å². The molecule has 1 aromatic heterocycles. The summed E-state index contributed by atoms with van der Waals surface area (Å²) in [5.41, 5.74) is 2.49. The largest absolute Gasteiger partial charge is 0.497 e. The number of amides is 2. The molecule has 6 rings (SSSR count). The number of fused-ring (bicyclic) bond motifs is 1. The van der Waals surface area contributed by atoms with E-state index in [9.17, 15) is 9.59 Å². The van der Waals surface area contributed by atoms with Crippen LogP contribution in [-0.2, 0) is 4.79 Å². The van der Waals surface area contributed by atoms with Crippen LogP contribution in [0.2, 0.25) is 0 Å². The summed E-state index contributed by atoms with van der Waals surface area (Å²) in [5.74, 6) is 1.38. The van der Waals surface area contributed by atoms with Crippen LogP contribution in [0.25, 0.3) is 0 Å². The van der Waals surface area contributed by atoms with Gasteiger partial charge in [0.15, 0.2) is 0 Å². The number of carbonyl (C=O) groups excluding carboxylic acids is 2. The first-order chi connectivity index (χ1) is 19.2. The number of hydrogen-bond acceptors (Lipinski definition) is 5. The third-order valence-electron chi connectivity index (χ3n) is 8.63. The van der Waals surface area contributed by atoms with Gasteiger partial charge in [0, 0.05) is 44.0 Å². The summed E-state index contributed by atoms with van der Waals surface area (Å²) >= 11 is 0. The number of pyridine rings is 1. The van der Waals surface area contributed by atoms with E-state index in [0.717, 1.165) is 61.5 Å². The average molecular weight is 525 g/mol. The Labute approximate surface area is 230 Å². The first kappa shape index (κ1) is 25.4. The molecule has 3 aliphatic rings. The summed E-state index contributed by atoms with van der Waals surface area (Å²) in [6.07, 6.45) is 7.18. The molecule has 2 amide bonds. The van der Waals surface area contributed by atoms with Crippen LogP contribution in [0.5, 0.6) is 5.75 Å². The zero-order chi connectivity index (χ0) is 26.8. The summed E-state index contributed by atoms with van der Waals surface area (Å²) < 4.78 is 5.43. The number of benzene rings is 2. The predicted molar refractivity (Wildman–Crippen MR) is 151 cm³/mol. The van der Waals surface area contributed by atoms with Gasteiger partial charge in [0.05, 0.1) is 19.1 Å². The van der Waals surface area contributed by atoms with E-state index in [2.05, 4.69) is 14.8 Å². The molecule has 0 N–H and O–H groups in total. The maximum atomic E-state index is 14.5. The molecule has 7 nitrogen and oxygen atoms in total. The Morgan fingerprint density at radius 2 is 1.59 bits per heavy atom. The topological polar surface area (TPSA) is 66.0 Å². The first-order valence-corrected chi connectivity index (χ1v) is 14.2. The molecule has 39 heavy (non-hydrogen) atoms. The average Bonchev–Trinajstić information content (AvgIpc) is 3.01. The Hall–Kier alpha value is -3.87. The number of methoxy groups -OCH3 is 1. The molecule has 2 atom stereocenters. The van der Waals surface area contributed by atoms with E-state index in [-0.39, 0.29) is 23.9 Å². The summed E-state index contributed by atoms with van der Waals surface area (Å²) in [4.78, 5) is 39.4. The van der Waals surface area contributed by atoms with E-state index >= 15 is 0 Å². The predicted octanol–water partition coefficient (Wildman–Crippen LogP) is 5.05. The molecule has 3 heterocycles. The number of ether oxygens (including phenoxy) is 1. The number of rotatable bonds is 5. The van der Waals surface area contributed by atoms with Gasteiger partial charge in [0.25, 0.3) is 5.91 Å². The molecule has 0 spiro atoms. The van der Waals surface area contributed by atoms with Gasteiger partial charge in [-0.1, -0.05) is 55.7 Å². The van der Waals surface area contributed by atoms with Crippen LogP contribution in [0.15, 0.2) is 72.9 Å². The van der Waals surface area contributed by atoms with Crippen molar-refractivity contribution in [1.29, 1.82) is 0 Å². The number of anilines is 1. The maximum absolute atomic E-state index is 14.5. The van der Waals surface area contributed by atoms with Gasteiger partial charge >= 0.3 is 0 Å². The molecule has 7 heteroatoms. The van der Waals surface area contributed by atoms with E-state index in [1.54, 1.807) is 7.11 Å². The summed E-state index contributed by atoms with van der Waals surface area (Å²) in [6, 6.07) is 21.4. The minimum atomic E-state index is -0.462. The molecule has 2 aromatic carbocycles. The van der Waals surface area contributed by atoms with Gasteiger partial charge in [-0.2, -0.15) is 0 Å². The quantitative estimate of drug-likeness (QED) is 0.467. The molecule has 2 fully saturated rings. The molecule has 2 unspecified atom stereocenters. The Morgan fingerprint density at radius 1 is 0.872 bits per heavy atom. The van der Waals surface area contributed by atoms with Crippen molar-refractivity contribution in [2.45, 2.75) is 50.1 Å². The second-order valence-electron chi connectivity index (χ2n) is 10.8. The normalized spacial score (nSPS) is 22.0. The molecule has 0 radical (unpaired) electrons. The van der Waals surface area contributed by atoms with E-state index < -0.39 is 5.92 Å². The number of piperazine rings is 1. The van der Waals surface area contributed by atoms with Crippen molar-refractivity contribution < 1.29 is 14.3 Å². The fourth-order valence-corrected chi connectivity index (χ4v) is 6.63. The monoisotopic (exact) mass is 524 g/mol. The van der Waals surface area contributed by atoms with E-state index in [1.165, 1.54) is 6.42 Å². The highest BCUT2D eigenvalue weighted by Gasteiger charge is 2.48. The third-order valence-corrected chi connectivity index (χ3v) is 8.63. The molecule has 1 saturated heterocycles. The van der Waals surface area contributed by atoms with Gasteiger partial charge in [0.2, 0.25) is 5.91 Å². The lowest BCUT2D eigenvalue weighted by Gasteiger charge is -2.48. The summed E-state index contributed by atoms with van der Waals surface area (Å²) in [6.45, 7) is 2.72. The fraction of sp³-hybridized carbons (Fsp3) is 0.406. The van der Waals surface area contributed by atoms with Gasteiger partial charge in [-0.15, -0.1) is 0 Å². The smallest absolute Gasteiger partial charge is 0.254 e. The van der Waals surface area contributed by atoms with Crippen LogP contribution in [0.4, 0.5) is 5.82 Å². The molecule has 2 aliphatic heterocycles. The Kier molecular flexibility index (Phi) is 7.22. The number of aromatic nitrogens is 1. The van der Waals surface area contributed by atoms with Crippen molar-refractivity contribution in [3.05, 3.63) is 89.6 Å². The molecule has 1 aliphatic carbocycles. The van der Waals surface area contributed by atoms with Crippen molar-refractivity contribution in [2.75, 3.05) is 38.2 Å². The summed E-state index contributed by atoms with van der Waals surface area (Å²) in [7, 11) is 1.65. The Balaban J connectivity index is 1.38. The molecule has 0 bridgehead atoms. The van der Waals surface area contributed by atoms with Crippen LogP contribution in [-0.4, -0.2) is 65.9 Å². The van der Waals surface area contributed by atoms with Crippen LogP contribution in [0.3, 0.4) is 0 Å². The first-order valence-electron chi connectivity index (χ1n) is 14.2. The van der Waals surface area contributed by atoms with E-state index in [1.807, 2.05) is 77.8 Å². The fourth-order valence-electron chi connectivity index (χ4n) is 6.63. The maximum Gasteiger partial charge on any atom is 0.254 e. The van der Waals surface area contributed by atoms with Gasteiger partial charge in [-0.3, -0.25) is 9.59 Å². The number of nitrogens with zero attached hydrogens (tertiary/aromatic N) is 4. The highest BCUT2D eigenvalue weighted by molar-refractivity contribution is 6.01. The van der Waals surface area contributed by atoms with Crippen molar-refractivity contribution in [1.82, 2.24) is 14.8 Å². The Morgan fingerprint density at radius 3 is 2.28 bits per heavy atom. The lowest BCUT2D eigenvalue weighted by molar-refractivity contribution is -0.135. The SMILES string of the molecule is COc1ccc(C2C(C(=O)N3CCN(c4ccccn4)CC3)c3ccccc3C(=O)N2C2CCCCC2)cc1. The van der Waals surface area contributed by atoms with Crippen molar-refractivity contribution >= 4 is 17.6 Å². The van der Waals surface area contributed by atoms with E-state index in [0.29, 0.717) is 18.7 Å². The molecule has 3 aromatic rings. The molecular formula is C32H36N4O3. The van der Waals surface area contributed by atoms with Gasteiger partial charge in [-0.25, -0.2) is 4.98 Å². The molecule has 1 saturated carbocycles. The van der Waals surface area contributed by atoms with Crippen molar-refractivity contribution in [3.8, 4) is 5.75 Å². The molecule has 202 valence electrons. The number of hydrogen-bond donors (Lipinski definition) is 0. The Bertz CT molecular complexity index is 1300. The minimum absolute atomic E-state index is 0.0438. The standard InChI is InChI=1S/C32H36N4O3/c1-39-25-16-14-23(15-17-25)30-29(32(38)35-21-19-34(20-22-35)28-13-7-8-18-33-28)26-11-5-6-12-27(26)31(37)36(30)24-9-3-2-4-10-24/h5-8,11-18,24,29-30H,2-4,9-10,19-22H2,1H3. The third kappa shape index (κ3) is 4.86. The van der Waals surface area contributed by atoms with Gasteiger partial charge < -0.3 is 19.4 Å². The van der Waals surface area contributed by atoms with Crippen molar-refractivity contribution in [3.63, 3.8) is 0 Å². The van der Waals surface area contributed by atoms with Gasteiger partial charge in [0.1, 0.15) is 11.6 Å². The zero-order valence-electron chi connectivity index (χ0n) is 22.5. The van der Waals surface area contributed by atoms with Crippen LogP contribution in [0.1, 0.15) is 65.5 Å². The second-order valence-corrected chi connectivity index (χ2v) is 10.8. The minimum Gasteiger partial charge on any atom is -0.497 e. The highest BCUT2D eigenvalue weighted by atomic mass is 16.5. The van der Waals surface area contributed by atoms with Gasteiger partial charge in [-0.05, 0) is 54.3 Å². The molecular weight excluding hydrogens is 488 g/mol. The lowest BCUT2D eigenvalue weighted by atomic mass is 9.77. The van der Waals surface area contributed by atoms with Crippen LogP contribution >= 0.6 is 0 Å². The highest BCUT2D eigenvalue weighted by Crippen LogP contribution is 2.46. The lowest BCUT2D eigenvalue weighted by Crippen LogP contribution is -2.55. The van der Waals surface area contributed by atoms with Crippen LogP contribution < -0.4 is 9.64 Å². The second kappa shape index (κ2) is 11.1. The van der Waals surface area contributed by atoms with E-state index in [4.69, 9.17) is 4.74 Å². The summed E-state index contributed by atoms with van der Waals surface area (Å²) in [5, 5.41) is 0. The van der Waals surface area contributed by atoms with Crippen LogP contribution in [0, 0.1) is 0 Å². The zero-order valence-corrected chi connectivity index (χ0v) is 22.5.